The predicted molar refractivity (Wildman–Crippen MR) is 56.4 cm³/mol. The Morgan fingerprint density at radius 2 is 1.88 bits per heavy atom. The average molecular weight is 271 g/mol. The van der Waals surface area contributed by atoms with Gasteiger partial charge in [-0.1, -0.05) is 11.6 Å². The molecule has 88 valence electrons. The first-order chi connectivity index (χ1) is 7.27. The van der Waals surface area contributed by atoms with E-state index in [1.165, 1.54) is 13.1 Å². The van der Waals surface area contributed by atoms with E-state index in [1.54, 1.807) is 0 Å². The monoisotopic (exact) mass is 271 g/mol. The zero-order valence-electron chi connectivity index (χ0n) is 9.72. The van der Waals surface area contributed by atoms with Crippen molar-refractivity contribution in [2.45, 2.75) is 6.92 Å². The van der Waals surface area contributed by atoms with E-state index in [9.17, 15) is 17.7 Å². The van der Waals surface area contributed by atoms with Gasteiger partial charge in [-0.15, -0.1) is 5.46 Å². The van der Waals surface area contributed by atoms with Crippen molar-refractivity contribution >= 4 is 24.1 Å². The second kappa shape index (κ2) is 6.24. The molecule has 17 heavy (non-hydrogen) atoms. The van der Waals surface area contributed by atoms with E-state index >= 15 is 0 Å². The third-order valence-electron chi connectivity index (χ3n) is 2.32. The number of anilines is 1. The quantitative estimate of drug-likeness (QED) is 0.678. The second-order valence-electron chi connectivity index (χ2n) is 3.37. The van der Waals surface area contributed by atoms with Gasteiger partial charge in [-0.3, -0.25) is 0 Å². The molecule has 0 saturated heterocycles. The minimum absolute atomic E-state index is 0. The number of nitrogens with one attached hydrogen (secondary N) is 1. The number of carboxylic acid groups (broad SMARTS) is 1. The standard InChI is InChI=1S/C9H10BF3NO2.K/c1-5-7(9(15)16)3-6(14-2)4-8(5)10(11,12)13;/h3-4,14H,1-2H3,(H,15,16);/q-1;+1. The van der Waals surface area contributed by atoms with Crippen molar-refractivity contribution in [3.05, 3.63) is 23.3 Å². The van der Waals surface area contributed by atoms with Crippen LogP contribution in [0.2, 0.25) is 0 Å². The van der Waals surface area contributed by atoms with Gasteiger partial charge in [0.15, 0.2) is 0 Å². The molecule has 0 aliphatic heterocycles. The first-order valence-corrected chi connectivity index (χ1v) is 4.53. The van der Waals surface area contributed by atoms with Crippen molar-refractivity contribution in [3.63, 3.8) is 0 Å². The zero-order chi connectivity index (χ0) is 12.5. The van der Waals surface area contributed by atoms with Crippen LogP contribution in [0, 0.1) is 6.92 Å². The summed E-state index contributed by atoms with van der Waals surface area (Å²) in [5.41, 5.74) is -1.32. The summed E-state index contributed by atoms with van der Waals surface area (Å²) in [6, 6.07) is 2.10. The number of carbonyl (C=O) groups is 1. The van der Waals surface area contributed by atoms with Crippen molar-refractivity contribution in [2.75, 3.05) is 12.4 Å². The zero-order valence-corrected chi connectivity index (χ0v) is 12.8. The van der Waals surface area contributed by atoms with E-state index in [-0.39, 0.29) is 68.2 Å². The van der Waals surface area contributed by atoms with Gasteiger partial charge in [-0.25, -0.2) is 4.79 Å². The molecule has 0 unspecified atom stereocenters. The summed E-state index contributed by atoms with van der Waals surface area (Å²) in [6.07, 6.45) is 0. The van der Waals surface area contributed by atoms with Gasteiger partial charge in [-0.2, -0.15) is 0 Å². The van der Waals surface area contributed by atoms with Gasteiger partial charge in [0, 0.05) is 12.7 Å². The molecule has 1 aromatic rings. The second-order valence-corrected chi connectivity index (χ2v) is 3.37. The third kappa shape index (κ3) is 3.99. The van der Waals surface area contributed by atoms with Crippen LogP contribution in [0.1, 0.15) is 15.9 Å². The molecule has 0 aromatic heterocycles. The minimum Gasteiger partial charge on any atom is -0.478 e. The van der Waals surface area contributed by atoms with E-state index in [1.807, 2.05) is 0 Å². The van der Waals surface area contributed by atoms with E-state index in [4.69, 9.17) is 5.11 Å². The molecular formula is C9H10BF3KNO2. The molecule has 1 rings (SSSR count). The minimum atomic E-state index is -5.21. The van der Waals surface area contributed by atoms with Gasteiger partial charge < -0.3 is 23.4 Å². The first-order valence-electron chi connectivity index (χ1n) is 4.53. The summed E-state index contributed by atoms with van der Waals surface area (Å²) in [5, 5.41) is 11.3. The van der Waals surface area contributed by atoms with Crippen LogP contribution in [0.5, 0.6) is 0 Å². The summed E-state index contributed by atoms with van der Waals surface area (Å²) in [6.45, 7) is -4.05. The molecule has 0 amide bonds. The Labute approximate surface area is 139 Å². The molecule has 0 saturated carbocycles. The molecule has 3 nitrogen and oxygen atoms in total. The van der Waals surface area contributed by atoms with Gasteiger partial charge >= 0.3 is 64.3 Å². The molecule has 0 spiro atoms. The van der Waals surface area contributed by atoms with Crippen molar-refractivity contribution in [1.82, 2.24) is 0 Å². The number of halogens is 3. The van der Waals surface area contributed by atoms with Gasteiger partial charge in [0.05, 0.1) is 5.56 Å². The van der Waals surface area contributed by atoms with Gasteiger partial charge in [0.1, 0.15) is 0 Å². The smallest absolute Gasteiger partial charge is 0.478 e. The SMILES string of the molecule is CNc1cc(C(=O)O)c(C)c([B-](F)(F)F)c1.[K+]. The van der Waals surface area contributed by atoms with Crippen LogP contribution in [-0.2, 0) is 0 Å². The predicted octanol–water partition coefficient (Wildman–Crippen LogP) is -1.21. The van der Waals surface area contributed by atoms with Crippen LogP contribution in [0.15, 0.2) is 12.1 Å². The topological polar surface area (TPSA) is 49.3 Å². The molecule has 0 aliphatic carbocycles. The van der Waals surface area contributed by atoms with E-state index in [0.29, 0.717) is 0 Å². The van der Waals surface area contributed by atoms with Crippen molar-refractivity contribution in [2.24, 2.45) is 0 Å². The van der Waals surface area contributed by atoms with Crippen LogP contribution in [0.3, 0.4) is 0 Å². The van der Waals surface area contributed by atoms with Gasteiger partial charge in [0.25, 0.3) is 0 Å². The molecule has 0 atom stereocenters. The molecule has 8 heteroatoms. The maximum Gasteiger partial charge on any atom is 1.00 e. The summed E-state index contributed by atoms with van der Waals surface area (Å²) < 4.78 is 38.0. The van der Waals surface area contributed by atoms with Crippen molar-refractivity contribution in [1.29, 1.82) is 0 Å². The average Bonchev–Trinajstić information content (AvgIpc) is 2.15. The Balaban J connectivity index is 0.00000256. The molecule has 1 aromatic carbocycles. The Kier molecular flexibility index (Phi) is 6.23. The van der Waals surface area contributed by atoms with Crippen LogP contribution in [-0.4, -0.2) is 25.1 Å². The fourth-order valence-electron chi connectivity index (χ4n) is 1.44. The van der Waals surface area contributed by atoms with E-state index in [2.05, 4.69) is 5.32 Å². The number of benzene rings is 1. The maximum absolute atomic E-state index is 12.7. The summed E-state index contributed by atoms with van der Waals surface area (Å²) >= 11 is 0. The van der Waals surface area contributed by atoms with Crippen molar-refractivity contribution < 1.29 is 74.2 Å². The summed E-state index contributed by atoms with van der Waals surface area (Å²) in [5.74, 6) is -1.36. The van der Waals surface area contributed by atoms with Crippen LogP contribution >= 0.6 is 0 Å². The van der Waals surface area contributed by atoms with E-state index < -0.39 is 18.4 Å². The Morgan fingerprint density at radius 1 is 1.35 bits per heavy atom. The Morgan fingerprint density at radius 3 is 2.24 bits per heavy atom. The van der Waals surface area contributed by atoms with Gasteiger partial charge in [0.2, 0.25) is 0 Å². The van der Waals surface area contributed by atoms with Crippen LogP contribution in [0.25, 0.3) is 0 Å². The molecule has 0 aliphatic rings. The fourth-order valence-corrected chi connectivity index (χ4v) is 1.44. The van der Waals surface area contributed by atoms with Crippen LogP contribution in [0.4, 0.5) is 18.6 Å². The number of hydrogen-bond donors (Lipinski definition) is 2. The Hall–Kier alpha value is -0.0187. The summed E-state index contributed by atoms with van der Waals surface area (Å²) in [7, 11) is 1.43. The molecule has 2 N–H and O–H groups in total. The molecule has 0 bridgehead atoms. The summed E-state index contributed by atoms with van der Waals surface area (Å²) in [4.78, 5) is 10.8. The normalized spacial score (nSPS) is 10.6. The van der Waals surface area contributed by atoms with Crippen molar-refractivity contribution in [3.8, 4) is 0 Å². The van der Waals surface area contributed by atoms with Crippen LogP contribution < -0.4 is 62.2 Å². The van der Waals surface area contributed by atoms with Gasteiger partial charge in [-0.05, 0) is 13.0 Å². The fraction of sp³-hybridized carbons (Fsp3) is 0.222. The molecular weight excluding hydrogens is 261 g/mol. The number of carboxylic acids is 1. The molecule has 0 fully saturated rings. The maximum atomic E-state index is 12.7. The third-order valence-corrected chi connectivity index (χ3v) is 2.32. The largest absolute Gasteiger partial charge is 1.00 e. The number of rotatable bonds is 3. The number of aromatic carboxylic acids is 1. The number of hydrogen-bond acceptors (Lipinski definition) is 2. The molecule has 0 heterocycles. The molecule has 0 radical (unpaired) electrons. The first kappa shape index (κ1) is 17.0. The Bertz CT molecular complexity index is 437. The van der Waals surface area contributed by atoms with E-state index in [0.717, 1.165) is 13.0 Å².